The van der Waals surface area contributed by atoms with Crippen molar-refractivity contribution in [2.45, 2.75) is 39.5 Å². The van der Waals surface area contributed by atoms with Gasteiger partial charge in [0.05, 0.1) is 0 Å². The van der Waals surface area contributed by atoms with E-state index in [1.807, 2.05) is 0 Å². The number of anilines is 1. The zero-order chi connectivity index (χ0) is 11.8. The van der Waals surface area contributed by atoms with E-state index in [-0.39, 0.29) is 0 Å². The van der Waals surface area contributed by atoms with Crippen LogP contribution in [0.3, 0.4) is 0 Å². The predicted octanol–water partition coefficient (Wildman–Crippen LogP) is 3.76. The minimum Gasteiger partial charge on any atom is -0.370 e. The fourth-order valence-electron chi connectivity index (χ4n) is 1.62. The number of nitrogens with one attached hydrogen (secondary N) is 1. The lowest BCUT2D eigenvalue weighted by Crippen LogP contribution is -2.14. The summed E-state index contributed by atoms with van der Waals surface area (Å²) in [5, 5.41) is 3.80. The molecule has 1 rings (SSSR count). The van der Waals surface area contributed by atoms with E-state index in [2.05, 4.69) is 29.1 Å². The van der Waals surface area contributed by atoms with Crippen molar-refractivity contribution in [2.24, 2.45) is 5.92 Å². The summed E-state index contributed by atoms with van der Waals surface area (Å²) in [7, 11) is 0. The van der Waals surface area contributed by atoms with Crippen molar-refractivity contribution in [2.75, 3.05) is 11.9 Å². The smallest absolute Gasteiger partial charge is 0.134 e. The molecule has 0 amide bonds. The van der Waals surface area contributed by atoms with Crippen molar-refractivity contribution in [1.82, 2.24) is 9.97 Å². The fraction of sp³-hybridized carbons (Fsp3) is 0.667. The van der Waals surface area contributed by atoms with Crippen LogP contribution >= 0.6 is 11.6 Å². The van der Waals surface area contributed by atoms with Crippen molar-refractivity contribution < 1.29 is 0 Å². The van der Waals surface area contributed by atoms with Gasteiger partial charge in [0.1, 0.15) is 17.3 Å². The molecule has 3 nitrogen and oxygen atoms in total. The van der Waals surface area contributed by atoms with Gasteiger partial charge in [0.2, 0.25) is 0 Å². The van der Waals surface area contributed by atoms with Crippen LogP contribution in [-0.4, -0.2) is 16.5 Å². The third-order valence-corrected chi connectivity index (χ3v) is 2.96. The van der Waals surface area contributed by atoms with Crippen molar-refractivity contribution in [3.8, 4) is 0 Å². The highest BCUT2D eigenvalue weighted by Gasteiger charge is 2.05. The van der Waals surface area contributed by atoms with Gasteiger partial charge >= 0.3 is 0 Å². The molecule has 0 aliphatic heterocycles. The highest BCUT2D eigenvalue weighted by Crippen LogP contribution is 2.14. The first kappa shape index (κ1) is 13.2. The van der Waals surface area contributed by atoms with E-state index in [0.717, 1.165) is 12.4 Å². The van der Waals surface area contributed by atoms with Crippen LogP contribution in [-0.2, 0) is 0 Å². The number of aromatic nitrogens is 2. The van der Waals surface area contributed by atoms with Crippen LogP contribution < -0.4 is 5.32 Å². The molecule has 0 saturated carbocycles. The summed E-state index contributed by atoms with van der Waals surface area (Å²) in [6, 6.07) is 1.76. The van der Waals surface area contributed by atoms with Gasteiger partial charge in [-0.2, -0.15) is 0 Å². The van der Waals surface area contributed by atoms with E-state index >= 15 is 0 Å². The first-order valence-corrected chi connectivity index (χ1v) is 6.35. The molecule has 0 saturated heterocycles. The van der Waals surface area contributed by atoms with E-state index in [0.29, 0.717) is 11.1 Å². The van der Waals surface area contributed by atoms with Crippen LogP contribution in [0.1, 0.15) is 39.5 Å². The Bertz CT molecular complexity index is 304. The van der Waals surface area contributed by atoms with Crippen molar-refractivity contribution in [1.29, 1.82) is 0 Å². The Hall–Kier alpha value is -0.830. The SMILES string of the molecule is CCCC[C@H](CC)CNc1cc(Cl)ncn1. The van der Waals surface area contributed by atoms with Gasteiger partial charge < -0.3 is 5.32 Å². The molecule has 90 valence electrons. The zero-order valence-electron chi connectivity index (χ0n) is 10.0. The van der Waals surface area contributed by atoms with Crippen LogP contribution in [0.15, 0.2) is 12.4 Å². The standard InChI is InChI=1S/C12H20ClN3/c1-3-5-6-10(4-2)8-14-12-7-11(13)15-9-16-12/h7,9-10H,3-6,8H2,1-2H3,(H,14,15,16)/t10-/m0/s1. The lowest BCUT2D eigenvalue weighted by atomic mass is 9.99. The van der Waals surface area contributed by atoms with Crippen molar-refractivity contribution in [3.05, 3.63) is 17.5 Å². The number of unbranched alkanes of at least 4 members (excludes halogenated alkanes) is 1. The molecule has 0 spiro atoms. The predicted molar refractivity (Wildman–Crippen MR) is 68.8 cm³/mol. The molecular formula is C12H20ClN3. The molecule has 0 unspecified atom stereocenters. The molecule has 1 atom stereocenters. The van der Waals surface area contributed by atoms with E-state index in [1.54, 1.807) is 6.07 Å². The Balaban J connectivity index is 2.37. The van der Waals surface area contributed by atoms with Gasteiger partial charge in [-0.25, -0.2) is 9.97 Å². The molecule has 1 aromatic rings. The van der Waals surface area contributed by atoms with Gasteiger partial charge in [-0.15, -0.1) is 0 Å². The fourth-order valence-corrected chi connectivity index (χ4v) is 1.77. The summed E-state index contributed by atoms with van der Waals surface area (Å²) in [4.78, 5) is 7.97. The second kappa shape index (κ2) is 7.44. The largest absolute Gasteiger partial charge is 0.370 e. The van der Waals surface area contributed by atoms with Crippen LogP contribution in [0.25, 0.3) is 0 Å². The molecule has 4 heteroatoms. The Morgan fingerprint density at radius 2 is 2.19 bits per heavy atom. The van der Waals surface area contributed by atoms with Crippen LogP contribution in [0.2, 0.25) is 5.15 Å². The summed E-state index contributed by atoms with van der Waals surface area (Å²) in [5.41, 5.74) is 0. The Kier molecular flexibility index (Phi) is 6.16. The molecule has 0 bridgehead atoms. The summed E-state index contributed by atoms with van der Waals surface area (Å²) in [6.45, 7) is 5.42. The third-order valence-electron chi connectivity index (χ3n) is 2.75. The number of halogens is 1. The summed E-state index contributed by atoms with van der Waals surface area (Å²) < 4.78 is 0. The summed E-state index contributed by atoms with van der Waals surface area (Å²) >= 11 is 5.79. The molecular weight excluding hydrogens is 222 g/mol. The van der Waals surface area contributed by atoms with Gasteiger partial charge in [0.25, 0.3) is 0 Å². The first-order chi connectivity index (χ1) is 7.76. The Morgan fingerprint density at radius 3 is 2.81 bits per heavy atom. The van der Waals surface area contributed by atoms with E-state index in [4.69, 9.17) is 11.6 Å². The molecule has 1 heterocycles. The minimum absolute atomic E-state index is 0.485. The van der Waals surface area contributed by atoms with Gasteiger partial charge in [-0.1, -0.05) is 44.7 Å². The topological polar surface area (TPSA) is 37.8 Å². The van der Waals surface area contributed by atoms with Gasteiger partial charge in [-0.05, 0) is 12.3 Å². The lowest BCUT2D eigenvalue weighted by Gasteiger charge is -2.15. The second-order valence-electron chi connectivity index (χ2n) is 4.02. The first-order valence-electron chi connectivity index (χ1n) is 5.97. The Morgan fingerprint density at radius 1 is 1.38 bits per heavy atom. The molecule has 0 fully saturated rings. The van der Waals surface area contributed by atoms with Crippen LogP contribution in [0.5, 0.6) is 0 Å². The van der Waals surface area contributed by atoms with Crippen molar-refractivity contribution in [3.63, 3.8) is 0 Å². The normalized spacial score (nSPS) is 12.4. The monoisotopic (exact) mass is 241 g/mol. The van der Waals surface area contributed by atoms with Gasteiger partial charge in [-0.3, -0.25) is 0 Å². The minimum atomic E-state index is 0.485. The van der Waals surface area contributed by atoms with Crippen LogP contribution in [0.4, 0.5) is 5.82 Å². The number of hydrogen-bond acceptors (Lipinski definition) is 3. The van der Waals surface area contributed by atoms with Crippen molar-refractivity contribution >= 4 is 17.4 Å². The molecule has 0 aliphatic rings. The van der Waals surface area contributed by atoms with E-state index < -0.39 is 0 Å². The molecule has 1 aromatic heterocycles. The zero-order valence-corrected chi connectivity index (χ0v) is 10.8. The maximum atomic E-state index is 5.79. The quantitative estimate of drug-likeness (QED) is 0.739. The highest BCUT2D eigenvalue weighted by atomic mass is 35.5. The number of hydrogen-bond donors (Lipinski definition) is 1. The average molecular weight is 242 g/mol. The van der Waals surface area contributed by atoms with Crippen LogP contribution in [0, 0.1) is 5.92 Å². The lowest BCUT2D eigenvalue weighted by molar-refractivity contribution is 0.472. The Labute approximate surface area is 103 Å². The maximum Gasteiger partial charge on any atom is 0.134 e. The number of rotatable bonds is 7. The molecule has 0 aromatic carbocycles. The molecule has 1 N–H and O–H groups in total. The third kappa shape index (κ3) is 4.79. The van der Waals surface area contributed by atoms with E-state index in [9.17, 15) is 0 Å². The molecule has 0 radical (unpaired) electrons. The summed E-state index contributed by atoms with van der Waals surface area (Å²) in [5.74, 6) is 1.53. The average Bonchev–Trinajstić information content (AvgIpc) is 2.29. The number of nitrogens with zero attached hydrogens (tertiary/aromatic N) is 2. The molecule has 0 aliphatic carbocycles. The maximum absolute atomic E-state index is 5.79. The summed E-state index contributed by atoms with van der Waals surface area (Å²) in [6.07, 6.45) is 6.52. The second-order valence-corrected chi connectivity index (χ2v) is 4.41. The van der Waals surface area contributed by atoms with Gasteiger partial charge in [0.15, 0.2) is 0 Å². The molecule has 16 heavy (non-hydrogen) atoms. The highest BCUT2D eigenvalue weighted by molar-refractivity contribution is 6.29. The van der Waals surface area contributed by atoms with Gasteiger partial charge in [0, 0.05) is 12.6 Å². The van der Waals surface area contributed by atoms with E-state index in [1.165, 1.54) is 32.0 Å².